The van der Waals surface area contributed by atoms with E-state index >= 15 is 0 Å². The molecule has 19 heavy (non-hydrogen) atoms. The molecule has 0 radical (unpaired) electrons. The van der Waals surface area contributed by atoms with Crippen LogP contribution in [-0.2, 0) is 12.8 Å². The minimum atomic E-state index is -0.449. The average Bonchev–Trinajstić information content (AvgIpc) is 2.39. The van der Waals surface area contributed by atoms with Gasteiger partial charge in [-0.25, -0.2) is 0 Å². The molecule has 2 heteroatoms. The van der Waals surface area contributed by atoms with Crippen LogP contribution in [0, 0.1) is 11.8 Å². The molecule has 3 atom stereocenters. The minimum Gasteiger partial charge on any atom is -0.389 e. The predicted octanol–water partition coefficient (Wildman–Crippen LogP) is 4.50. The molecule has 0 saturated heterocycles. The summed E-state index contributed by atoms with van der Waals surface area (Å²) in [4.78, 5) is 0. The van der Waals surface area contributed by atoms with Crippen LogP contribution in [0.15, 0.2) is 22.7 Å². The monoisotopic (exact) mass is 322 g/mol. The lowest BCUT2D eigenvalue weighted by Gasteiger charge is -2.43. The van der Waals surface area contributed by atoms with Gasteiger partial charge >= 0.3 is 0 Å². The summed E-state index contributed by atoms with van der Waals surface area (Å²) in [6, 6.07) is 6.52. The van der Waals surface area contributed by atoms with Crippen LogP contribution in [0.4, 0.5) is 0 Å². The fourth-order valence-electron chi connectivity index (χ4n) is 4.04. The van der Waals surface area contributed by atoms with Gasteiger partial charge < -0.3 is 5.11 Å². The maximum atomic E-state index is 11.1. The van der Waals surface area contributed by atoms with Crippen LogP contribution in [0.3, 0.4) is 0 Å². The van der Waals surface area contributed by atoms with Gasteiger partial charge in [-0.1, -0.05) is 41.8 Å². The Bertz CT molecular complexity index is 470. The van der Waals surface area contributed by atoms with E-state index < -0.39 is 5.60 Å². The third-order valence-electron chi connectivity index (χ3n) is 5.19. The van der Waals surface area contributed by atoms with Gasteiger partial charge in [0.1, 0.15) is 0 Å². The zero-order valence-electron chi connectivity index (χ0n) is 11.7. The first kappa shape index (κ1) is 13.6. The van der Waals surface area contributed by atoms with Crippen LogP contribution < -0.4 is 0 Å². The number of halogens is 1. The summed E-state index contributed by atoms with van der Waals surface area (Å²) >= 11 is 3.54. The molecule has 1 fully saturated rings. The highest BCUT2D eigenvalue weighted by atomic mass is 79.9. The van der Waals surface area contributed by atoms with Gasteiger partial charge in [0.05, 0.1) is 5.60 Å². The molecular weight excluding hydrogens is 300 g/mol. The molecule has 0 amide bonds. The third-order valence-corrected chi connectivity index (χ3v) is 5.68. The van der Waals surface area contributed by atoms with E-state index in [0.29, 0.717) is 5.92 Å². The molecule has 1 saturated carbocycles. The van der Waals surface area contributed by atoms with E-state index in [2.05, 4.69) is 41.1 Å². The summed E-state index contributed by atoms with van der Waals surface area (Å²) in [6.45, 7) is 2.34. The van der Waals surface area contributed by atoms with Gasteiger partial charge in [0.25, 0.3) is 0 Å². The minimum absolute atomic E-state index is 0.449. The largest absolute Gasteiger partial charge is 0.389 e. The second-order valence-electron chi connectivity index (χ2n) is 6.66. The Morgan fingerprint density at radius 3 is 2.89 bits per heavy atom. The zero-order valence-corrected chi connectivity index (χ0v) is 13.2. The Hall–Kier alpha value is -0.340. The van der Waals surface area contributed by atoms with Crippen molar-refractivity contribution in [2.45, 2.75) is 57.5 Å². The lowest BCUT2D eigenvalue weighted by atomic mass is 9.66. The van der Waals surface area contributed by atoms with Crippen molar-refractivity contribution in [3.8, 4) is 0 Å². The van der Waals surface area contributed by atoms with Gasteiger partial charge in [0, 0.05) is 10.9 Å². The van der Waals surface area contributed by atoms with Crippen molar-refractivity contribution in [2.75, 3.05) is 0 Å². The van der Waals surface area contributed by atoms with Crippen LogP contribution in [-0.4, -0.2) is 10.7 Å². The van der Waals surface area contributed by atoms with Gasteiger partial charge in [-0.3, -0.25) is 0 Å². The summed E-state index contributed by atoms with van der Waals surface area (Å²) in [5.74, 6) is 1.29. The summed E-state index contributed by atoms with van der Waals surface area (Å²) in [5.41, 5.74) is 2.33. The van der Waals surface area contributed by atoms with Crippen LogP contribution in [0.5, 0.6) is 0 Å². The van der Waals surface area contributed by atoms with E-state index in [1.165, 1.54) is 36.8 Å². The lowest BCUT2D eigenvalue weighted by Crippen LogP contribution is -2.45. The molecule has 0 spiro atoms. The number of hydrogen-bond acceptors (Lipinski definition) is 1. The fourth-order valence-corrected chi connectivity index (χ4v) is 4.45. The maximum absolute atomic E-state index is 11.1. The Morgan fingerprint density at radius 1 is 1.26 bits per heavy atom. The number of hydrogen-bond donors (Lipinski definition) is 1. The number of aryl methyl sites for hydroxylation is 1. The molecule has 1 N–H and O–H groups in total. The van der Waals surface area contributed by atoms with E-state index in [0.717, 1.165) is 29.7 Å². The smallest absolute Gasteiger partial charge is 0.0719 e. The van der Waals surface area contributed by atoms with E-state index in [1.807, 2.05) is 0 Å². The number of rotatable bonds is 1. The summed E-state index contributed by atoms with van der Waals surface area (Å²) < 4.78 is 1.16. The first-order valence-corrected chi connectivity index (χ1v) is 8.36. The van der Waals surface area contributed by atoms with Crippen LogP contribution in [0.25, 0.3) is 0 Å². The molecule has 3 rings (SSSR count). The van der Waals surface area contributed by atoms with E-state index in [9.17, 15) is 5.11 Å². The van der Waals surface area contributed by atoms with Gasteiger partial charge in [-0.2, -0.15) is 0 Å². The normalized spacial score (nSPS) is 34.9. The molecule has 0 aromatic heterocycles. The maximum Gasteiger partial charge on any atom is 0.0719 e. The van der Waals surface area contributed by atoms with Gasteiger partial charge in [-0.05, 0) is 60.8 Å². The Balaban J connectivity index is 1.81. The highest BCUT2D eigenvalue weighted by molar-refractivity contribution is 9.10. The van der Waals surface area contributed by atoms with Crippen LogP contribution in [0.2, 0.25) is 0 Å². The second kappa shape index (κ2) is 5.21. The standard InChI is InChI=1S/C17H23BrO/c1-12-3-2-4-15(9-12)17(19)8-7-13-10-16(18)6-5-14(13)11-17/h5-6,10,12,15,19H,2-4,7-9,11H2,1H3. The number of fused-ring (bicyclic) bond motifs is 1. The topological polar surface area (TPSA) is 20.2 Å². The third kappa shape index (κ3) is 2.75. The second-order valence-corrected chi connectivity index (χ2v) is 7.58. The van der Waals surface area contributed by atoms with Crippen LogP contribution >= 0.6 is 15.9 Å². The van der Waals surface area contributed by atoms with Crippen molar-refractivity contribution in [2.24, 2.45) is 11.8 Å². The average molecular weight is 323 g/mol. The molecular formula is C17H23BrO. The first-order valence-electron chi connectivity index (χ1n) is 7.56. The molecule has 0 heterocycles. The number of benzene rings is 1. The molecule has 0 aliphatic heterocycles. The Labute approximate surface area is 124 Å². The molecule has 1 aromatic rings. The fraction of sp³-hybridized carbons (Fsp3) is 0.647. The molecule has 2 aliphatic rings. The molecule has 1 aromatic carbocycles. The van der Waals surface area contributed by atoms with E-state index in [4.69, 9.17) is 0 Å². The highest BCUT2D eigenvalue weighted by Crippen LogP contribution is 2.42. The molecule has 104 valence electrons. The highest BCUT2D eigenvalue weighted by Gasteiger charge is 2.40. The molecule has 2 aliphatic carbocycles. The van der Waals surface area contributed by atoms with Gasteiger partial charge in [0.2, 0.25) is 0 Å². The SMILES string of the molecule is CC1CCCC(C2(O)CCc3cc(Br)ccc3C2)C1. The zero-order chi connectivity index (χ0) is 13.5. The van der Waals surface area contributed by atoms with E-state index in [-0.39, 0.29) is 0 Å². The Kier molecular flexibility index (Phi) is 3.74. The Morgan fingerprint density at radius 2 is 2.11 bits per heavy atom. The van der Waals surface area contributed by atoms with Crippen molar-refractivity contribution < 1.29 is 5.11 Å². The molecule has 1 nitrogen and oxygen atoms in total. The summed E-state index contributed by atoms with van der Waals surface area (Å²) in [5, 5.41) is 11.1. The summed E-state index contributed by atoms with van der Waals surface area (Å²) in [7, 11) is 0. The number of aliphatic hydroxyl groups is 1. The van der Waals surface area contributed by atoms with Crippen molar-refractivity contribution >= 4 is 15.9 Å². The quantitative estimate of drug-likeness (QED) is 0.807. The van der Waals surface area contributed by atoms with Crippen molar-refractivity contribution in [1.29, 1.82) is 0 Å². The van der Waals surface area contributed by atoms with Crippen molar-refractivity contribution in [1.82, 2.24) is 0 Å². The van der Waals surface area contributed by atoms with E-state index in [1.54, 1.807) is 0 Å². The van der Waals surface area contributed by atoms with Gasteiger partial charge in [0.15, 0.2) is 0 Å². The van der Waals surface area contributed by atoms with Crippen LogP contribution in [0.1, 0.15) is 50.2 Å². The summed E-state index contributed by atoms with van der Waals surface area (Å²) in [6.07, 6.45) is 7.88. The molecule has 0 bridgehead atoms. The first-order chi connectivity index (χ1) is 9.07. The van der Waals surface area contributed by atoms with Crippen molar-refractivity contribution in [3.05, 3.63) is 33.8 Å². The predicted molar refractivity (Wildman–Crippen MR) is 82.2 cm³/mol. The van der Waals surface area contributed by atoms with Gasteiger partial charge in [-0.15, -0.1) is 0 Å². The van der Waals surface area contributed by atoms with Crippen molar-refractivity contribution in [3.63, 3.8) is 0 Å². The molecule has 3 unspecified atom stereocenters. The lowest BCUT2D eigenvalue weighted by molar-refractivity contribution is -0.0505.